The Bertz CT molecular complexity index is 774. The predicted molar refractivity (Wildman–Crippen MR) is 82.7 cm³/mol. The van der Waals surface area contributed by atoms with Crippen LogP contribution in [0.25, 0.3) is 0 Å². The molecule has 27 heavy (non-hydrogen) atoms. The van der Waals surface area contributed by atoms with E-state index in [2.05, 4.69) is 19.4 Å². The normalized spacial score (nSPS) is 12.0. The summed E-state index contributed by atoms with van der Waals surface area (Å²) in [5.41, 5.74) is 0.646. The van der Waals surface area contributed by atoms with Crippen LogP contribution in [0.5, 0.6) is 11.5 Å². The van der Waals surface area contributed by atoms with E-state index in [0.717, 1.165) is 6.42 Å². The molecule has 0 aliphatic rings. The largest absolute Gasteiger partial charge is 0.462 e. The molecule has 0 radical (unpaired) electrons. The fourth-order valence-electron chi connectivity index (χ4n) is 1.99. The van der Waals surface area contributed by atoms with E-state index in [4.69, 9.17) is 0 Å². The molecule has 1 heterocycles. The fourth-order valence-corrected chi connectivity index (χ4v) is 1.99. The van der Waals surface area contributed by atoms with E-state index in [1.54, 1.807) is 0 Å². The number of aromatic nitrogens is 2. The zero-order valence-electron chi connectivity index (χ0n) is 13.9. The number of hydrogen-bond donors (Lipinski definition) is 0. The molecule has 2 rings (SSSR count). The molecule has 0 bridgehead atoms. The number of rotatable bonds is 8. The topological polar surface area (TPSA) is 44.2 Å². The number of hydrogen-bond acceptors (Lipinski definition) is 4. The lowest BCUT2D eigenvalue weighted by Gasteiger charge is -2.17. The molecule has 10 heteroatoms. The molecule has 0 saturated heterocycles. The van der Waals surface area contributed by atoms with Gasteiger partial charge in [-0.15, -0.1) is 0 Å². The maximum Gasteiger partial charge on any atom is 0.462 e. The Kier molecular flexibility index (Phi) is 6.65. The van der Waals surface area contributed by atoms with Crippen molar-refractivity contribution >= 4 is 0 Å². The van der Waals surface area contributed by atoms with Gasteiger partial charge >= 0.3 is 6.11 Å². The molecule has 1 aromatic heterocycles. The van der Waals surface area contributed by atoms with E-state index >= 15 is 0 Å². The lowest BCUT2D eigenvalue weighted by Crippen LogP contribution is -2.25. The van der Waals surface area contributed by atoms with Crippen molar-refractivity contribution in [1.29, 1.82) is 0 Å². The van der Waals surface area contributed by atoms with Gasteiger partial charge in [-0.3, -0.25) is 0 Å². The number of aryl methyl sites for hydroxylation is 1. The highest BCUT2D eigenvalue weighted by Crippen LogP contribution is 2.33. The number of nitrogens with zero attached hydrogens (tertiary/aromatic N) is 2. The fraction of sp³-hybridized carbons (Fsp3) is 0.294. The van der Waals surface area contributed by atoms with E-state index in [9.17, 15) is 26.3 Å². The summed E-state index contributed by atoms with van der Waals surface area (Å²) >= 11 is 0. The Hall–Kier alpha value is -2.78. The molecular formula is C17H14F6N2O2. The third-order valence-corrected chi connectivity index (χ3v) is 3.13. The van der Waals surface area contributed by atoms with Gasteiger partial charge in [0.05, 0.1) is 6.26 Å². The summed E-state index contributed by atoms with van der Waals surface area (Å²) in [6.45, 7) is 1.89. The van der Waals surface area contributed by atoms with Crippen LogP contribution in [0.2, 0.25) is 0 Å². The summed E-state index contributed by atoms with van der Waals surface area (Å²) in [7, 11) is 0. The second-order valence-electron chi connectivity index (χ2n) is 5.28. The highest BCUT2D eigenvalue weighted by atomic mass is 19.3. The number of alkyl halides is 4. The molecule has 2 aromatic rings. The summed E-state index contributed by atoms with van der Waals surface area (Å²) in [6.07, 6.45) is -2.53. The minimum atomic E-state index is -4.05. The van der Waals surface area contributed by atoms with E-state index in [0.29, 0.717) is 30.4 Å². The van der Waals surface area contributed by atoms with Gasteiger partial charge in [0.15, 0.2) is 17.4 Å². The Morgan fingerprint density at radius 2 is 1.70 bits per heavy atom. The van der Waals surface area contributed by atoms with Crippen LogP contribution < -0.4 is 9.47 Å². The van der Waals surface area contributed by atoms with Gasteiger partial charge in [0.2, 0.25) is 5.82 Å². The van der Waals surface area contributed by atoms with E-state index < -0.39 is 41.5 Å². The third-order valence-electron chi connectivity index (χ3n) is 3.13. The van der Waals surface area contributed by atoms with Crippen LogP contribution in [0.1, 0.15) is 24.7 Å². The lowest BCUT2D eigenvalue weighted by atomic mass is 10.2. The number of allylic oxidation sites excluding steroid dienone is 1. The predicted octanol–water partition coefficient (Wildman–Crippen LogP) is 4.99. The van der Waals surface area contributed by atoms with Crippen molar-refractivity contribution in [2.45, 2.75) is 32.3 Å². The van der Waals surface area contributed by atoms with Crippen LogP contribution >= 0.6 is 0 Å². The molecule has 0 fully saturated rings. The Morgan fingerprint density at radius 3 is 2.22 bits per heavy atom. The smallest absolute Gasteiger partial charge is 0.459 e. The van der Waals surface area contributed by atoms with Gasteiger partial charge in [-0.1, -0.05) is 13.3 Å². The van der Waals surface area contributed by atoms with Crippen molar-refractivity contribution < 1.29 is 35.8 Å². The maximum atomic E-state index is 14.1. The summed E-state index contributed by atoms with van der Waals surface area (Å²) in [5.74, 6) is -5.72. The second kappa shape index (κ2) is 8.74. The van der Waals surface area contributed by atoms with Crippen LogP contribution in [0.3, 0.4) is 0 Å². The highest BCUT2D eigenvalue weighted by molar-refractivity contribution is 5.35. The van der Waals surface area contributed by atoms with Crippen molar-refractivity contribution in [2.24, 2.45) is 0 Å². The standard InChI is InChI=1S/C17H14F6N2O2/c1-2-3-10-8-24-16(25-9-10)17(22,23)27-11-6-12(18)15(13(19)7-11)26-5-4-14(20)21/h4-9,14H,2-3H2,1H3. The zero-order valence-corrected chi connectivity index (χ0v) is 13.9. The molecule has 146 valence electrons. The van der Waals surface area contributed by atoms with Gasteiger partial charge in [-0.05, 0) is 12.0 Å². The molecule has 0 N–H and O–H groups in total. The van der Waals surface area contributed by atoms with Crippen molar-refractivity contribution in [3.05, 3.63) is 59.9 Å². The summed E-state index contributed by atoms with van der Waals surface area (Å²) in [6, 6.07) is 0.849. The first-order chi connectivity index (χ1) is 12.7. The molecular weight excluding hydrogens is 378 g/mol. The van der Waals surface area contributed by atoms with Crippen molar-refractivity contribution in [3.63, 3.8) is 0 Å². The molecule has 0 saturated carbocycles. The third kappa shape index (κ3) is 5.60. The molecule has 0 unspecified atom stereocenters. The van der Waals surface area contributed by atoms with Gasteiger partial charge in [-0.25, -0.2) is 27.5 Å². The van der Waals surface area contributed by atoms with Crippen LogP contribution in [-0.2, 0) is 12.5 Å². The van der Waals surface area contributed by atoms with Gasteiger partial charge in [0.25, 0.3) is 6.43 Å². The SMILES string of the molecule is CCCc1cnc(C(F)(F)Oc2cc(F)c(OC=CC(F)F)c(F)c2)nc1. The Labute approximate surface area is 150 Å². The first-order valence-electron chi connectivity index (χ1n) is 7.71. The van der Waals surface area contributed by atoms with E-state index in [1.165, 1.54) is 12.4 Å². The van der Waals surface area contributed by atoms with Crippen molar-refractivity contribution in [1.82, 2.24) is 9.97 Å². The van der Waals surface area contributed by atoms with Gasteiger partial charge in [-0.2, -0.15) is 8.78 Å². The highest BCUT2D eigenvalue weighted by Gasteiger charge is 2.38. The molecule has 0 aliphatic carbocycles. The quantitative estimate of drug-likeness (QED) is 0.469. The number of benzene rings is 1. The molecule has 4 nitrogen and oxygen atoms in total. The van der Waals surface area contributed by atoms with E-state index in [1.807, 2.05) is 6.92 Å². The number of ether oxygens (including phenoxy) is 2. The molecule has 0 atom stereocenters. The van der Waals surface area contributed by atoms with Crippen LogP contribution in [0, 0.1) is 11.6 Å². The summed E-state index contributed by atoms with van der Waals surface area (Å²) < 4.78 is 88.4. The zero-order chi connectivity index (χ0) is 20.0. The maximum absolute atomic E-state index is 14.1. The van der Waals surface area contributed by atoms with Crippen LogP contribution in [-0.4, -0.2) is 16.4 Å². The Morgan fingerprint density at radius 1 is 1.11 bits per heavy atom. The average molecular weight is 392 g/mol. The molecule has 1 aromatic carbocycles. The number of halogens is 6. The molecule has 0 aliphatic heterocycles. The monoisotopic (exact) mass is 392 g/mol. The van der Waals surface area contributed by atoms with E-state index in [-0.39, 0.29) is 6.08 Å². The van der Waals surface area contributed by atoms with Crippen LogP contribution in [0.15, 0.2) is 36.9 Å². The van der Waals surface area contributed by atoms with Crippen molar-refractivity contribution in [2.75, 3.05) is 0 Å². The first kappa shape index (κ1) is 20.5. The lowest BCUT2D eigenvalue weighted by molar-refractivity contribution is -0.192. The summed E-state index contributed by atoms with van der Waals surface area (Å²) in [5, 5.41) is 0. The minimum Gasteiger partial charge on any atom is -0.459 e. The average Bonchev–Trinajstić information content (AvgIpc) is 2.57. The van der Waals surface area contributed by atoms with Gasteiger partial charge in [0, 0.05) is 30.6 Å². The van der Waals surface area contributed by atoms with Gasteiger partial charge < -0.3 is 9.47 Å². The van der Waals surface area contributed by atoms with Crippen LogP contribution in [0.4, 0.5) is 26.3 Å². The molecule has 0 amide bonds. The Balaban J connectivity index is 2.18. The first-order valence-corrected chi connectivity index (χ1v) is 7.71. The minimum absolute atomic E-state index is 0.247. The second-order valence-corrected chi connectivity index (χ2v) is 5.28. The van der Waals surface area contributed by atoms with Crippen molar-refractivity contribution in [3.8, 4) is 11.5 Å². The van der Waals surface area contributed by atoms with Gasteiger partial charge in [0.1, 0.15) is 5.75 Å². The summed E-state index contributed by atoms with van der Waals surface area (Å²) in [4.78, 5) is 7.01. The molecule has 0 spiro atoms.